The van der Waals surface area contributed by atoms with Gasteiger partial charge in [-0.25, -0.2) is 4.98 Å². The number of halogens is 4. The predicted octanol–water partition coefficient (Wildman–Crippen LogP) is 3.85. The summed E-state index contributed by atoms with van der Waals surface area (Å²) < 4.78 is 42.8. The number of hydrogen-bond acceptors (Lipinski definition) is 5. The van der Waals surface area contributed by atoms with Crippen molar-refractivity contribution in [3.63, 3.8) is 0 Å². The maximum absolute atomic E-state index is 12.6. The van der Waals surface area contributed by atoms with Crippen LogP contribution in [-0.2, 0) is 0 Å². The fourth-order valence-electron chi connectivity index (χ4n) is 2.25. The minimum Gasteiger partial charge on any atom is -0.403 e. The molecule has 1 aromatic heterocycles. The average molecular weight is 416 g/mol. The number of rotatable bonds is 3. The van der Waals surface area contributed by atoms with Crippen LogP contribution in [0.15, 0.2) is 52.0 Å². The first-order valence-electron chi connectivity index (χ1n) is 6.76. The van der Waals surface area contributed by atoms with Crippen LogP contribution in [0.3, 0.4) is 0 Å². The molecule has 1 heterocycles. The maximum Gasteiger partial charge on any atom is 0.573 e. The van der Waals surface area contributed by atoms with Gasteiger partial charge in [0.25, 0.3) is 5.56 Å². The lowest BCUT2D eigenvalue weighted by Gasteiger charge is -2.14. The number of hydrogen-bond donors (Lipinski definition) is 2. The van der Waals surface area contributed by atoms with Crippen LogP contribution in [0.25, 0.3) is 16.6 Å². The molecule has 3 aromatic rings. The zero-order valence-corrected chi connectivity index (χ0v) is 13.8. The summed E-state index contributed by atoms with van der Waals surface area (Å²) in [6.07, 6.45) is -3.67. The minimum atomic E-state index is -4.91. The van der Waals surface area contributed by atoms with E-state index >= 15 is 0 Å². The van der Waals surface area contributed by atoms with Gasteiger partial charge in [-0.05, 0) is 36.4 Å². The van der Waals surface area contributed by atoms with Crippen molar-refractivity contribution in [2.75, 3.05) is 5.48 Å². The Bertz CT molecular complexity index is 1000. The highest BCUT2D eigenvalue weighted by Gasteiger charge is 2.32. The Kier molecular flexibility index (Phi) is 4.39. The van der Waals surface area contributed by atoms with Crippen molar-refractivity contribution in [1.29, 1.82) is 0 Å². The largest absolute Gasteiger partial charge is 0.573 e. The van der Waals surface area contributed by atoms with Gasteiger partial charge >= 0.3 is 6.36 Å². The van der Waals surface area contributed by atoms with Crippen molar-refractivity contribution >= 4 is 32.5 Å². The van der Waals surface area contributed by atoms with Crippen LogP contribution in [0.5, 0.6) is 5.75 Å². The van der Waals surface area contributed by atoms with Crippen LogP contribution in [0, 0.1) is 0 Å². The molecular formula is C15H9BrF3N3O3. The van der Waals surface area contributed by atoms with E-state index in [1.165, 1.54) is 12.4 Å². The van der Waals surface area contributed by atoms with Gasteiger partial charge in [0.15, 0.2) is 5.75 Å². The predicted molar refractivity (Wildman–Crippen MR) is 87.1 cm³/mol. The molecule has 2 aromatic carbocycles. The normalized spacial score (nSPS) is 11.6. The molecule has 0 fully saturated rings. The molecule has 0 spiro atoms. The van der Waals surface area contributed by atoms with Crippen LogP contribution in [0.4, 0.5) is 18.9 Å². The highest BCUT2D eigenvalue weighted by Crippen LogP contribution is 2.31. The molecule has 0 saturated carbocycles. The quantitative estimate of drug-likeness (QED) is 0.635. The first-order valence-corrected chi connectivity index (χ1v) is 7.55. The van der Waals surface area contributed by atoms with Crippen LogP contribution in [0.2, 0.25) is 0 Å². The third-order valence-corrected chi connectivity index (χ3v) is 3.80. The van der Waals surface area contributed by atoms with E-state index in [1.807, 2.05) is 0 Å². The molecular weight excluding hydrogens is 407 g/mol. The molecule has 0 radical (unpaired) electrons. The minimum absolute atomic E-state index is 0.202. The van der Waals surface area contributed by atoms with E-state index in [0.29, 0.717) is 10.9 Å². The fourth-order valence-corrected chi connectivity index (χ4v) is 2.60. The van der Waals surface area contributed by atoms with Crippen LogP contribution < -0.4 is 15.8 Å². The van der Waals surface area contributed by atoms with Gasteiger partial charge in [-0.15, -0.1) is 13.2 Å². The lowest BCUT2D eigenvalue weighted by atomic mass is 10.2. The standard InChI is InChI=1S/C15H9BrF3N3O3/c16-8-1-3-10-11(5-8)20-7-22(14(10)23)9-2-4-13(12(6-9)21-24)25-15(17,18)19/h1-7,21,24H. The fraction of sp³-hybridized carbons (Fsp3) is 0.0667. The Morgan fingerprint density at radius 3 is 2.64 bits per heavy atom. The Hall–Kier alpha value is -2.59. The molecule has 0 aliphatic carbocycles. The van der Waals surface area contributed by atoms with Crippen molar-refractivity contribution in [2.45, 2.75) is 6.36 Å². The second kappa shape index (κ2) is 6.37. The van der Waals surface area contributed by atoms with Gasteiger partial charge in [0, 0.05) is 4.47 Å². The Morgan fingerprint density at radius 1 is 1.20 bits per heavy atom. The molecule has 0 bridgehead atoms. The second-order valence-electron chi connectivity index (χ2n) is 4.92. The van der Waals surface area contributed by atoms with Gasteiger partial charge in [-0.2, -0.15) is 0 Å². The van der Waals surface area contributed by atoms with Gasteiger partial charge in [-0.1, -0.05) is 15.9 Å². The molecule has 0 aliphatic heterocycles. The van der Waals surface area contributed by atoms with Crippen molar-refractivity contribution < 1.29 is 23.1 Å². The lowest BCUT2D eigenvalue weighted by molar-refractivity contribution is -0.274. The van der Waals surface area contributed by atoms with Gasteiger partial charge in [0.1, 0.15) is 12.0 Å². The van der Waals surface area contributed by atoms with Crippen molar-refractivity contribution in [3.8, 4) is 11.4 Å². The Morgan fingerprint density at radius 2 is 1.96 bits per heavy atom. The Balaban J connectivity index is 2.10. The molecule has 0 aliphatic rings. The molecule has 0 amide bonds. The van der Waals surface area contributed by atoms with E-state index in [9.17, 15) is 18.0 Å². The average Bonchev–Trinajstić information content (AvgIpc) is 2.54. The molecule has 6 nitrogen and oxygen atoms in total. The maximum atomic E-state index is 12.6. The summed E-state index contributed by atoms with van der Waals surface area (Å²) in [7, 11) is 0. The number of alkyl halides is 3. The third kappa shape index (κ3) is 3.59. The van der Waals surface area contributed by atoms with Gasteiger partial charge in [0.05, 0.1) is 16.6 Å². The van der Waals surface area contributed by atoms with Crippen LogP contribution in [0.1, 0.15) is 0 Å². The molecule has 0 atom stereocenters. The monoisotopic (exact) mass is 415 g/mol. The highest BCUT2D eigenvalue weighted by molar-refractivity contribution is 9.10. The van der Waals surface area contributed by atoms with Crippen molar-refractivity contribution in [1.82, 2.24) is 9.55 Å². The van der Waals surface area contributed by atoms with E-state index in [-0.39, 0.29) is 11.4 Å². The van der Waals surface area contributed by atoms with Gasteiger partial charge < -0.3 is 4.74 Å². The summed E-state index contributed by atoms with van der Waals surface area (Å²) in [5, 5.41) is 9.39. The molecule has 0 unspecified atom stereocenters. The van der Waals surface area contributed by atoms with Gasteiger partial charge in [0.2, 0.25) is 0 Å². The molecule has 10 heteroatoms. The number of ether oxygens (including phenoxy) is 1. The molecule has 0 saturated heterocycles. The number of anilines is 1. The summed E-state index contributed by atoms with van der Waals surface area (Å²) in [5.74, 6) is -0.635. The Labute approximate surface area is 146 Å². The third-order valence-electron chi connectivity index (χ3n) is 3.31. The zero-order valence-electron chi connectivity index (χ0n) is 12.2. The smallest absolute Gasteiger partial charge is 0.403 e. The van der Waals surface area contributed by atoms with Gasteiger partial charge in [-0.3, -0.25) is 20.0 Å². The van der Waals surface area contributed by atoms with Crippen LogP contribution in [-0.4, -0.2) is 21.1 Å². The van der Waals surface area contributed by atoms with E-state index < -0.39 is 17.7 Å². The lowest BCUT2D eigenvalue weighted by Crippen LogP contribution is -2.20. The van der Waals surface area contributed by atoms with E-state index in [2.05, 4.69) is 25.7 Å². The van der Waals surface area contributed by atoms with Crippen molar-refractivity contribution in [3.05, 3.63) is 57.6 Å². The summed E-state index contributed by atoms with van der Waals surface area (Å²) in [6.45, 7) is 0. The zero-order chi connectivity index (χ0) is 18.2. The van der Waals surface area contributed by atoms with Crippen LogP contribution >= 0.6 is 15.9 Å². The molecule has 130 valence electrons. The van der Waals surface area contributed by atoms with E-state index in [0.717, 1.165) is 21.2 Å². The first-order chi connectivity index (χ1) is 11.8. The topological polar surface area (TPSA) is 76.4 Å². The highest BCUT2D eigenvalue weighted by atomic mass is 79.9. The SMILES string of the molecule is O=c1c2ccc(Br)cc2ncn1-c1ccc(OC(F)(F)F)c(NO)c1. The second-order valence-corrected chi connectivity index (χ2v) is 5.84. The number of benzene rings is 2. The van der Waals surface area contributed by atoms with E-state index in [1.54, 1.807) is 23.7 Å². The molecule has 3 rings (SSSR count). The molecule has 2 N–H and O–H groups in total. The number of nitrogens with one attached hydrogen (secondary N) is 1. The number of nitrogens with zero attached hydrogens (tertiary/aromatic N) is 2. The number of fused-ring (bicyclic) bond motifs is 1. The van der Waals surface area contributed by atoms with Crippen molar-refractivity contribution in [2.24, 2.45) is 0 Å². The summed E-state index contributed by atoms with van der Waals surface area (Å²) >= 11 is 3.28. The van der Waals surface area contributed by atoms with E-state index in [4.69, 9.17) is 5.21 Å². The summed E-state index contributed by atoms with van der Waals surface area (Å²) in [5.41, 5.74) is 1.53. The number of aromatic nitrogens is 2. The summed E-state index contributed by atoms with van der Waals surface area (Å²) in [4.78, 5) is 16.7. The molecule has 25 heavy (non-hydrogen) atoms. The first kappa shape index (κ1) is 17.2. The summed E-state index contributed by atoms with van der Waals surface area (Å²) in [6, 6.07) is 8.29.